The highest BCUT2D eigenvalue weighted by molar-refractivity contribution is 5.69. The zero-order chi connectivity index (χ0) is 7.98. The quantitative estimate of drug-likeness (QED) is 0.461. The standard InChI is InChI=1S/C7H12O3/c1-3-6(8)4-5-7(9)10-2/h3,6,8H,1,4-5H2,2H3/t6-/m1/s1. The molecular formula is C7H12O3. The Hall–Kier alpha value is -0.830. The highest BCUT2D eigenvalue weighted by atomic mass is 16.5. The highest BCUT2D eigenvalue weighted by Crippen LogP contribution is 1.98. The largest absolute Gasteiger partial charge is 0.469 e. The number of ether oxygens (including phenoxy) is 1. The van der Waals surface area contributed by atoms with Crippen LogP contribution in [0.2, 0.25) is 0 Å². The number of hydrogen-bond acceptors (Lipinski definition) is 3. The van der Waals surface area contributed by atoms with Gasteiger partial charge in [-0.3, -0.25) is 4.79 Å². The molecule has 3 heteroatoms. The number of rotatable bonds is 4. The molecule has 0 aromatic carbocycles. The van der Waals surface area contributed by atoms with Crippen molar-refractivity contribution in [2.45, 2.75) is 18.9 Å². The monoisotopic (exact) mass is 144 g/mol. The van der Waals surface area contributed by atoms with Crippen molar-refractivity contribution >= 4 is 5.97 Å². The molecule has 0 spiro atoms. The smallest absolute Gasteiger partial charge is 0.305 e. The molecule has 0 heterocycles. The molecule has 0 aromatic heterocycles. The Kier molecular flexibility index (Phi) is 4.58. The Morgan fingerprint density at radius 2 is 2.50 bits per heavy atom. The van der Waals surface area contributed by atoms with Crippen LogP contribution in [0.25, 0.3) is 0 Å². The van der Waals surface area contributed by atoms with Gasteiger partial charge in [0.1, 0.15) is 0 Å². The molecule has 0 aliphatic heterocycles. The molecule has 0 radical (unpaired) electrons. The van der Waals surface area contributed by atoms with Gasteiger partial charge in [0.25, 0.3) is 0 Å². The number of aliphatic hydroxyl groups excluding tert-OH is 1. The van der Waals surface area contributed by atoms with Crippen LogP contribution in [0.4, 0.5) is 0 Å². The van der Waals surface area contributed by atoms with Crippen molar-refractivity contribution in [1.29, 1.82) is 0 Å². The fraction of sp³-hybridized carbons (Fsp3) is 0.571. The SMILES string of the molecule is C=C[C@@H](O)CCC(=O)OC. The average molecular weight is 144 g/mol. The summed E-state index contributed by atoms with van der Waals surface area (Å²) in [4.78, 5) is 10.5. The van der Waals surface area contributed by atoms with E-state index >= 15 is 0 Å². The Morgan fingerprint density at radius 1 is 1.90 bits per heavy atom. The minimum absolute atomic E-state index is 0.240. The fourth-order valence-corrected chi connectivity index (χ4v) is 0.486. The van der Waals surface area contributed by atoms with E-state index in [4.69, 9.17) is 5.11 Å². The van der Waals surface area contributed by atoms with Crippen LogP contribution in [0.5, 0.6) is 0 Å². The first-order valence-corrected chi connectivity index (χ1v) is 3.08. The van der Waals surface area contributed by atoms with Gasteiger partial charge in [-0.2, -0.15) is 0 Å². The van der Waals surface area contributed by atoms with E-state index in [0.29, 0.717) is 6.42 Å². The molecule has 0 amide bonds. The van der Waals surface area contributed by atoms with Gasteiger partial charge in [-0.25, -0.2) is 0 Å². The van der Waals surface area contributed by atoms with Gasteiger partial charge < -0.3 is 9.84 Å². The third-order valence-electron chi connectivity index (χ3n) is 1.14. The first-order chi connectivity index (χ1) is 4.70. The van der Waals surface area contributed by atoms with Crippen LogP contribution in [0.3, 0.4) is 0 Å². The van der Waals surface area contributed by atoms with Crippen molar-refractivity contribution in [2.24, 2.45) is 0 Å². The number of hydrogen-bond donors (Lipinski definition) is 1. The second-order valence-corrected chi connectivity index (χ2v) is 1.92. The van der Waals surface area contributed by atoms with Gasteiger partial charge in [0.15, 0.2) is 0 Å². The molecule has 0 aliphatic carbocycles. The average Bonchev–Trinajstić information content (AvgIpc) is 1.99. The summed E-state index contributed by atoms with van der Waals surface area (Å²) in [6.07, 6.45) is 1.42. The van der Waals surface area contributed by atoms with Crippen molar-refractivity contribution in [1.82, 2.24) is 0 Å². The zero-order valence-corrected chi connectivity index (χ0v) is 6.04. The second kappa shape index (κ2) is 4.99. The summed E-state index contributed by atoms with van der Waals surface area (Å²) >= 11 is 0. The molecule has 0 aromatic rings. The van der Waals surface area contributed by atoms with Crippen LogP contribution < -0.4 is 0 Å². The van der Waals surface area contributed by atoms with Crippen molar-refractivity contribution in [3.8, 4) is 0 Å². The third-order valence-corrected chi connectivity index (χ3v) is 1.14. The number of carbonyl (C=O) groups is 1. The van der Waals surface area contributed by atoms with E-state index in [2.05, 4.69) is 11.3 Å². The van der Waals surface area contributed by atoms with Crippen LogP contribution in [-0.4, -0.2) is 24.3 Å². The summed E-state index contributed by atoms with van der Waals surface area (Å²) in [5.74, 6) is -0.305. The molecular weight excluding hydrogens is 132 g/mol. The summed E-state index contributed by atoms with van der Waals surface area (Å²) in [6.45, 7) is 3.36. The summed E-state index contributed by atoms with van der Waals surface area (Å²) in [5.41, 5.74) is 0. The van der Waals surface area contributed by atoms with Crippen LogP contribution >= 0.6 is 0 Å². The Bertz CT molecular complexity index is 120. The van der Waals surface area contributed by atoms with E-state index in [-0.39, 0.29) is 12.4 Å². The maximum Gasteiger partial charge on any atom is 0.305 e. The highest BCUT2D eigenvalue weighted by Gasteiger charge is 2.03. The number of carbonyl (C=O) groups excluding carboxylic acids is 1. The summed E-state index contributed by atoms with van der Waals surface area (Å²) in [5, 5.41) is 8.88. The van der Waals surface area contributed by atoms with Crippen LogP contribution in [0.15, 0.2) is 12.7 Å². The zero-order valence-electron chi connectivity index (χ0n) is 6.04. The van der Waals surface area contributed by atoms with Crippen LogP contribution in [0, 0.1) is 0 Å². The van der Waals surface area contributed by atoms with Gasteiger partial charge in [0.2, 0.25) is 0 Å². The topological polar surface area (TPSA) is 46.5 Å². The Morgan fingerprint density at radius 3 is 2.90 bits per heavy atom. The summed E-state index contributed by atoms with van der Waals surface area (Å²) in [6, 6.07) is 0. The minimum atomic E-state index is -0.598. The maximum atomic E-state index is 10.5. The van der Waals surface area contributed by atoms with E-state index in [1.54, 1.807) is 0 Å². The number of aliphatic hydroxyl groups is 1. The summed E-state index contributed by atoms with van der Waals surface area (Å²) in [7, 11) is 1.32. The van der Waals surface area contributed by atoms with Crippen LogP contribution in [0.1, 0.15) is 12.8 Å². The molecule has 0 unspecified atom stereocenters. The normalized spacial score (nSPS) is 12.2. The maximum absolute atomic E-state index is 10.5. The van der Waals surface area contributed by atoms with Gasteiger partial charge in [0, 0.05) is 6.42 Å². The molecule has 0 fully saturated rings. The molecule has 1 N–H and O–H groups in total. The lowest BCUT2D eigenvalue weighted by molar-refractivity contribution is -0.141. The first-order valence-electron chi connectivity index (χ1n) is 3.08. The third kappa shape index (κ3) is 4.09. The van der Waals surface area contributed by atoms with E-state index in [1.165, 1.54) is 13.2 Å². The predicted octanol–water partition coefficient (Wildman–Crippen LogP) is 0.486. The van der Waals surface area contributed by atoms with Gasteiger partial charge in [-0.1, -0.05) is 6.08 Å². The number of esters is 1. The molecule has 0 saturated carbocycles. The minimum Gasteiger partial charge on any atom is -0.469 e. The van der Waals surface area contributed by atoms with Crippen molar-refractivity contribution in [3.05, 3.63) is 12.7 Å². The molecule has 10 heavy (non-hydrogen) atoms. The lowest BCUT2D eigenvalue weighted by Gasteiger charge is -2.01. The molecule has 3 nitrogen and oxygen atoms in total. The van der Waals surface area contributed by atoms with Gasteiger partial charge in [-0.15, -0.1) is 6.58 Å². The summed E-state index contributed by atoms with van der Waals surface area (Å²) < 4.78 is 4.36. The first kappa shape index (κ1) is 9.17. The van der Waals surface area contributed by atoms with Gasteiger partial charge >= 0.3 is 5.97 Å². The molecule has 1 atom stereocenters. The molecule has 0 bridgehead atoms. The fourth-order valence-electron chi connectivity index (χ4n) is 0.486. The van der Waals surface area contributed by atoms with E-state index in [9.17, 15) is 4.79 Å². The Balaban J connectivity index is 3.34. The predicted molar refractivity (Wildman–Crippen MR) is 37.5 cm³/mol. The van der Waals surface area contributed by atoms with Crippen molar-refractivity contribution < 1.29 is 14.6 Å². The molecule has 0 rings (SSSR count). The molecule has 0 saturated heterocycles. The molecule has 0 aliphatic rings. The van der Waals surface area contributed by atoms with Gasteiger partial charge in [0.05, 0.1) is 13.2 Å². The van der Waals surface area contributed by atoms with Crippen molar-refractivity contribution in [2.75, 3.05) is 7.11 Å². The van der Waals surface area contributed by atoms with E-state index < -0.39 is 6.10 Å². The van der Waals surface area contributed by atoms with Crippen molar-refractivity contribution in [3.63, 3.8) is 0 Å². The lowest BCUT2D eigenvalue weighted by atomic mass is 10.2. The lowest BCUT2D eigenvalue weighted by Crippen LogP contribution is -2.07. The molecule has 58 valence electrons. The van der Waals surface area contributed by atoms with E-state index in [1.807, 2.05) is 0 Å². The number of methoxy groups -OCH3 is 1. The van der Waals surface area contributed by atoms with Gasteiger partial charge in [-0.05, 0) is 6.42 Å². The second-order valence-electron chi connectivity index (χ2n) is 1.92. The van der Waals surface area contributed by atoms with E-state index in [0.717, 1.165) is 0 Å². The van der Waals surface area contributed by atoms with Crippen LogP contribution in [-0.2, 0) is 9.53 Å². The Labute approximate surface area is 60.3 Å².